The van der Waals surface area contributed by atoms with E-state index in [-0.39, 0.29) is 30.1 Å². The average molecular weight is 575 g/mol. The lowest BCUT2D eigenvalue weighted by Crippen LogP contribution is -2.50. The van der Waals surface area contributed by atoms with E-state index >= 15 is 0 Å². The van der Waals surface area contributed by atoms with E-state index < -0.39 is 6.04 Å². The van der Waals surface area contributed by atoms with Gasteiger partial charge in [0.05, 0.1) is 42.1 Å². The Balaban J connectivity index is 1.43. The zero-order chi connectivity index (χ0) is 28.7. The van der Waals surface area contributed by atoms with E-state index in [0.29, 0.717) is 31.2 Å². The van der Waals surface area contributed by atoms with Crippen molar-refractivity contribution in [3.8, 4) is 0 Å². The predicted octanol–water partition coefficient (Wildman–Crippen LogP) is 4.84. The summed E-state index contributed by atoms with van der Waals surface area (Å²) in [5.74, 6) is 0.105. The molecule has 3 heterocycles. The summed E-state index contributed by atoms with van der Waals surface area (Å²) in [6.07, 6.45) is 8.92. The van der Waals surface area contributed by atoms with Crippen molar-refractivity contribution in [1.82, 2.24) is 29.7 Å². The molecule has 9 nitrogen and oxygen atoms in total. The highest BCUT2D eigenvalue weighted by molar-refractivity contribution is 6.30. The number of benzene rings is 1. The number of carbonyl (C=O) groups is 2. The van der Waals surface area contributed by atoms with Crippen LogP contribution >= 0.6 is 11.6 Å². The van der Waals surface area contributed by atoms with Crippen molar-refractivity contribution in [3.63, 3.8) is 0 Å². The highest BCUT2D eigenvalue weighted by Crippen LogP contribution is 2.44. The molecule has 6 rings (SSSR count). The lowest BCUT2D eigenvalue weighted by molar-refractivity contribution is -0.122. The first-order valence-electron chi connectivity index (χ1n) is 14.2. The summed E-state index contributed by atoms with van der Waals surface area (Å²) in [6, 6.07) is 9.39. The maximum atomic E-state index is 13.2. The quantitative estimate of drug-likeness (QED) is 0.453. The molecule has 3 aliphatic rings. The zero-order valence-corrected chi connectivity index (χ0v) is 24.3. The van der Waals surface area contributed by atoms with Gasteiger partial charge in [-0.15, -0.1) is 0 Å². The number of carbonyl (C=O) groups excluding carboxylic acids is 2. The number of aryl methyl sites for hydroxylation is 1. The molecular formula is C31H35ClN6O3. The van der Waals surface area contributed by atoms with Gasteiger partial charge in [-0.1, -0.05) is 23.7 Å². The molecule has 0 spiro atoms. The molecule has 2 fully saturated rings. The van der Waals surface area contributed by atoms with E-state index in [4.69, 9.17) is 21.3 Å². The van der Waals surface area contributed by atoms with Crippen LogP contribution in [-0.2, 0) is 16.6 Å². The number of halogens is 1. The van der Waals surface area contributed by atoms with E-state index in [2.05, 4.69) is 33.4 Å². The Morgan fingerprint density at radius 1 is 1.12 bits per heavy atom. The maximum absolute atomic E-state index is 13.2. The summed E-state index contributed by atoms with van der Waals surface area (Å²) in [5, 5.41) is 3.95. The number of piperazine rings is 1. The minimum Gasteiger partial charge on any atom is -0.447 e. The molecule has 214 valence electrons. The van der Waals surface area contributed by atoms with Crippen molar-refractivity contribution in [2.45, 2.75) is 44.9 Å². The second kappa shape index (κ2) is 11.3. The average Bonchev–Trinajstić information content (AvgIpc) is 3.74. The Hall–Kier alpha value is -3.69. The maximum Gasteiger partial charge on any atom is 0.410 e. The number of amides is 2. The SMILES string of the molecule is CC(C)OC(=O)N1CCN(C2c3ccc(Cl)cc3C(C(NC(=O)C3CC3)c3cncn3C)=Cc3cccnc32)CC1. The largest absolute Gasteiger partial charge is 0.447 e. The van der Waals surface area contributed by atoms with E-state index in [1.54, 1.807) is 11.2 Å². The smallest absolute Gasteiger partial charge is 0.410 e. The van der Waals surface area contributed by atoms with Gasteiger partial charge in [0.15, 0.2) is 0 Å². The summed E-state index contributed by atoms with van der Waals surface area (Å²) in [4.78, 5) is 39.2. The van der Waals surface area contributed by atoms with Crippen LogP contribution in [0.2, 0.25) is 5.02 Å². The fourth-order valence-corrected chi connectivity index (χ4v) is 5.97. The molecule has 2 amide bonds. The first kappa shape index (κ1) is 27.5. The molecule has 1 N–H and O–H groups in total. The molecule has 0 bridgehead atoms. The van der Waals surface area contributed by atoms with E-state index in [1.165, 1.54) is 0 Å². The van der Waals surface area contributed by atoms with Crippen LogP contribution in [0.15, 0.2) is 49.1 Å². The van der Waals surface area contributed by atoms with Crippen LogP contribution in [-0.4, -0.2) is 68.6 Å². The van der Waals surface area contributed by atoms with Crippen molar-refractivity contribution in [2.75, 3.05) is 26.2 Å². The number of fused-ring (bicyclic) bond motifs is 2. The molecule has 1 aromatic carbocycles. The van der Waals surface area contributed by atoms with Crippen molar-refractivity contribution in [3.05, 3.63) is 82.2 Å². The Kier molecular flexibility index (Phi) is 7.57. The number of hydrogen-bond acceptors (Lipinski definition) is 6. The van der Waals surface area contributed by atoms with Crippen LogP contribution in [0.4, 0.5) is 4.79 Å². The summed E-state index contributed by atoms with van der Waals surface area (Å²) in [5.41, 5.74) is 5.76. The molecule has 2 atom stereocenters. The van der Waals surface area contributed by atoms with Crippen LogP contribution < -0.4 is 5.32 Å². The minimum absolute atomic E-state index is 0.0521. The first-order valence-corrected chi connectivity index (χ1v) is 14.6. The fraction of sp³-hybridized carbons (Fsp3) is 0.419. The van der Waals surface area contributed by atoms with Gasteiger partial charge in [0, 0.05) is 50.4 Å². The topological polar surface area (TPSA) is 92.6 Å². The van der Waals surface area contributed by atoms with Gasteiger partial charge in [0.2, 0.25) is 5.91 Å². The summed E-state index contributed by atoms with van der Waals surface area (Å²) < 4.78 is 7.40. The first-order chi connectivity index (χ1) is 19.8. The molecule has 10 heteroatoms. The molecule has 3 aromatic rings. The third-order valence-electron chi connectivity index (χ3n) is 8.03. The van der Waals surface area contributed by atoms with Crippen LogP contribution in [0.3, 0.4) is 0 Å². The van der Waals surface area contributed by atoms with E-state index in [0.717, 1.165) is 46.5 Å². The molecule has 1 aliphatic heterocycles. The molecule has 0 radical (unpaired) electrons. The number of rotatable bonds is 6. The summed E-state index contributed by atoms with van der Waals surface area (Å²) in [6.45, 7) is 6.16. The van der Waals surface area contributed by atoms with Gasteiger partial charge in [-0.25, -0.2) is 9.78 Å². The second-order valence-electron chi connectivity index (χ2n) is 11.3. The molecule has 1 saturated heterocycles. The molecule has 1 saturated carbocycles. The molecular weight excluding hydrogens is 540 g/mol. The second-order valence-corrected chi connectivity index (χ2v) is 11.7. The monoisotopic (exact) mass is 574 g/mol. The van der Waals surface area contributed by atoms with Crippen LogP contribution in [0, 0.1) is 5.92 Å². The van der Waals surface area contributed by atoms with Gasteiger partial charge in [0.25, 0.3) is 0 Å². The predicted molar refractivity (Wildman–Crippen MR) is 157 cm³/mol. The third kappa shape index (κ3) is 5.61. The summed E-state index contributed by atoms with van der Waals surface area (Å²) in [7, 11) is 1.94. The van der Waals surface area contributed by atoms with Crippen molar-refractivity contribution in [2.24, 2.45) is 13.0 Å². The zero-order valence-electron chi connectivity index (χ0n) is 23.6. The van der Waals surface area contributed by atoms with Crippen molar-refractivity contribution >= 4 is 35.3 Å². The van der Waals surface area contributed by atoms with Gasteiger partial charge in [0.1, 0.15) is 0 Å². The minimum atomic E-state index is -0.428. The van der Waals surface area contributed by atoms with Crippen LogP contribution in [0.1, 0.15) is 66.9 Å². The number of hydrogen-bond donors (Lipinski definition) is 1. The lowest BCUT2D eigenvalue weighted by atomic mass is 9.89. The third-order valence-corrected chi connectivity index (χ3v) is 8.27. The van der Waals surface area contributed by atoms with Crippen LogP contribution in [0.5, 0.6) is 0 Å². The van der Waals surface area contributed by atoms with Gasteiger partial charge >= 0.3 is 6.09 Å². The van der Waals surface area contributed by atoms with E-state index in [1.807, 2.05) is 56.1 Å². The molecule has 2 unspecified atom stereocenters. The van der Waals surface area contributed by atoms with Gasteiger partial charge < -0.3 is 19.5 Å². The van der Waals surface area contributed by atoms with Crippen molar-refractivity contribution < 1.29 is 14.3 Å². The summed E-state index contributed by atoms with van der Waals surface area (Å²) >= 11 is 6.64. The highest BCUT2D eigenvalue weighted by Gasteiger charge is 2.38. The lowest BCUT2D eigenvalue weighted by Gasteiger charge is -2.39. The highest BCUT2D eigenvalue weighted by atomic mass is 35.5. The number of nitrogens with one attached hydrogen (secondary N) is 1. The Morgan fingerprint density at radius 2 is 1.90 bits per heavy atom. The van der Waals surface area contributed by atoms with Crippen LogP contribution in [0.25, 0.3) is 11.6 Å². The van der Waals surface area contributed by atoms with E-state index in [9.17, 15) is 9.59 Å². The molecule has 2 aromatic heterocycles. The number of imidazole rings is 1. The number of aromatic nitrogens is 3. The fourth-order valence-electron chi connectivity index (χ4n) is 5.80. The Labute approximate surface area is 245 Å². The Bertz CT molecular complexity index is 1490. The normalized spacial score (nSPS) is 19.6. The Morgan fingerprint density at radius 3 is 2.59 bits per heavy atom. The van der Waals surface area contributed by atoms with Gasteiger partial charge in [-0.3, -0.25) is 14.7 Å². The van der Waals surface area contributed by atoms with Crippen molar-refractivity contribution in [1.29, 1.82) is 0 Å². The van der Waals surface area contributed by atoms with Gasteiger partial charge in [-0.2, -0.15) is 0 Å². The molecule has 2 aliphatic carbocycles. The number of ether oxygens (including phenoxy) is 1. The number of nitrogens with zero attached hydrogens (tertiary/aromatic N) is 5. The number of pyridine rings is 1. The van der Waals surface area contributed by atoms with Gasteiger partial charge in [-0.05, 0) is 73.2 Å². The molecule has 41 heavy (non-hydrogen) atoms. The standard InChI is InChI=1S/C31H35ClN6O3/c1-19(2)41-31(40)38-13-11-37(12-14-38)29-23-9-8-22(32)16-24(23)25(15-21-5-4-10-34-27(21)29)28(26-17-33-18-36(26)3)35-30(39)20-6-7-20/h4-5,8-10,15-20,28-29H,6-7,11-14H2,1-3H3,(H,35,39).